The first-order valence-electron chi connectivity index (χ1n) is 8.35. The Bertz CT molecular complexity index is 1060. The van der Waals surface area contributed by atoms with Crippen LogP contribution >= 0.6 is 0 Å². The molecule has 0 saturated carbocycles. The molecule has 26 heavy (non-hydrogen) atoms. The fourth-order valence-corrected chi connectivity index (χ4v) is 2.72. The minimum Gasteiger partial charge on any atom is -0.490 e. The van der Waals surface area contributed by atoms with Crippen molar-refractivity contribution in [2.45, 2.75) is 27.4 Å². The molecule has 0 spiro atoms. The first-order valence-corrected chi connectivity index (χ1v) is 8.35. The number of hydrogen-bond donors (Lipinski definition) is 0. The van der Waals surface area contributed by atoms with E-state index in [4.69, 9.17) is 19.2 Å². The zero-order valence-electron chi connectivity index (χ0n) is 15.0. The van der Waals surface area contributed by atoms with Gasteiger partial charge in [-0.2, -0.15) is 5.26 Å². The van der Waals surface area contributed by atoms with Gasteiger partial charge in [-0.05, 0) is 56.2 Å². The molecule has 0 unspecified atom stereocenters. The van der Waals surface area contributed by atoms with E-state index in [-0.39, 0.29) is 6.61 Å². The van der Waals surface area contributed by atoms with E-state index >= 15 is 0 Å². The molecule has 0 radical (unpaired) electrons. The van der Waals surface area contributed by atoms with Crippen LogP contribution in [0, 0.1) is 25.2 Å². The molecule has 1 heterocycles. The van der Waals surface area contributed by atoms with Crippen molar-refractivity contribution in [3.8, 4) is 17.6 Å². The Balaban J connectivity index is 1.97. The maximum Gasteiger partial charge on any atom is 0.336 e. The highest BCUT2D eigenvalue weighted by atomic mass is 16.5. The van der Waals surface area contributed by atoms with Gasteiger partial charge >= 0.3 is 5.63 Å². The first-order chi connectivity index (χ1) is 12.5. The third kappa shape index (κ3) is 3.55. The number of rotatable bonds is 5. The van der Waals surface area contributed by atoms with Crippen LogP contribution in [-0.2, 0) is 6.61 Å². The predicted octanol–water partition coefficient (Wildman–Crippen LogP) is 4.26. The summed E-state index contributed by atoms with van der Waals surface area (Å²) in [5.41, 5.74) is 3.54. The normalized spacial score (nSPS) is 10.5. The second kappa shape index (κ2) is 7.32. The summed E-state index contributed by atoms with van der Waals surface area (Å²) in [6.45, 7) is 6.50. The summed E-state index contributed by atoms with van der Waals surface area (Å²) in [7, 11) is 0. The maximum atomic E-state index is 11.9. The summed E-state index contributed by atoms with van der Waals surface area (Å²) >= 11 is 0. The number of fused-ring (bicyclic) bond motifs is 1. The average Bonchev–Trinajstić information content (AvgIpc) is 2.62. The highest BCUT2D eigenvalue weighted by Gasteiger charge is 2.11. The van der Waals surface area contributed by atoms with Gasteiger partial charge in [0.05, 0.1) is 18.2 Å². The first kappa shape index (κ1) is 17.6. The molecule has 0 fully saturated rings. The molecule has 0 saturated heterocycles. The Morgan fingerprint density at radius 3 is 2.54 bits per heavy atom. The summed E-state index contributed by atoms with van der Waals surface area (Å²) in [5.74, 6) is 1.03. The second-order valence-electron chi connectivity index (χ2n) is 6.02. The molecule has 0 atom stereocenters. The van der Waals surface area contributed by atoms with E-state index in [1.807, 2.05) is 32.9 Å². The molecular weight excluding hydrogens is 330 g/mol. The highest BCUT2D eigenvalue weighted by Crippen LogP contribution is 2.30. The van der Waals surface area contributed by atoms with Crippen LogP contribution in [0.4, 0.5) is 0 Å². The molecule has 2 aromatic carbocycles. The van der Waals surface area contributed by atoms with Gasteiger partial charge in [0.2, 0.25) is 0 Å². The Hall–Kier alpha value is -3.26. The largest absolute Gasteiger partial charge is 0.490 e. The number of benzene rings is 2. The molecule has 0 aliphatic rings. The van der Waals surface area contributed by atoms with E-state index in [2.05, 4.69) is 6.07 Å². The fraction of sp³-hybridized carbons (Fsp3) is 0.238. The molecule has 0 N–H and O–H groups in total. The Labute approximate surface area is 151 Å². The minimum atomic E-state index is -0.413. The molecule has 5 heteroatoms. The molecule has 132 valence electrons. The Kier molecular flexibility index (Phi) is 4.94. The summed E-state index contributed by atoms with van der Waals surface area (Å²) in [4.78, 5) is 11.9. The monoisotopic (exact) mass is 349 g/mol. The predicted molar refractivity (Wildman–Crippen MR) is 98.6 cm³/mol. The quantitative estimate of drug-likeness (QED) is 0.644. The van der Waals surface area contributed by atoms with Gasteiger partial charge in [0, 0.05) is 23.1 Å². The van der Waals surface area contributed by atoms with Crippen LogP contribution in [0.2, 0.25) is 0 Å². The van der Waals surface area contributed by atoms with Crippen molar-refractivity contribution in [1.82, 2.24) is 0 Å². The van der Waals surface area contributed by atoms with Crippen molar-refractivity contribution >= 4 is 11.0 Å². The molecule has 0 bridgehead atoms. The average molecular weight is 349 g/mol. The van der Waals surface area contributed by atoms with E-state index < -0.39 is 5.63 Å². The van der Waals surface area contributed by atoms with Crippen molar-refractivity contribution in [2.75, 3.05) is 6.61 Å². The molecule has 3 aromatic rings. The van der Waals surface area contributed by atoms with Gasteiger partial charge in [0.15, 0.2) is 11.5 Å². The summed E-state index contributed by atoms with van der Waals surface area (Å²) in [6, 6.07) is 12.4. The summed E-state index contributed by atoms with van der Waals surface area (Å²) < 4.78 is 16.8. The standard InChI is InChI=1S/C21H19NO4/c1-4-24-20-9-15(11-22)5-6-18(20)25-12-16-10-21(23)26-19-8-14(3)13(2)7-17(16)19/h5-10H,4,12H2,1-3H3. The van der Waals surface area contributed by atoms with Crippen molar-refractivity contribution in [1.29, 1.82) is 5.26 Å². The number of hydrogen-bond acceptors (Lipinski definition) is 5. The zero-order chi connectivity index (χ0) is 18.7. The molecular formula is C21H19NO4. The lowest BCUT2D eigenvalue weighted by molar-refractivity contribution is 0.269. The van der Waals surface area contributed by atoms with Crippen LogP contribution in [0.15, 0.2) is 45.6 Å². The SMILES string of the molecule is CCOc1cc(C#N)ccc1OCc1cc(=O)oc2cc(C)c(C)cc12. The van der Waals surface area contributed by atoms with Gasteiger partial charge in [-0.1, -0.05) is 0 Å². The number of nitriles is 1. The molecule has 0 aliphatic carbocycles. The van der Waals surface area contributed by atoms with Crippen molar-refractivity contribution in [3.05, 3.63) is 69.1 Å². The third-order valence-corrected chi connectivity index (χ3v) is 4.20. The Morgan fingerprint density at radius 1 is 1.04 bits per heavy atom. The molecule has 3 rings (SSSR count). The van der Waals surface area contributed by atoms with Gasteiger partial charge in [-0.25, -0.2) is 4.79 Å². The van der Waals surface area contributed by atoms with Gasteiger partial charge in [-0.15, -0.1) is 0 Å². The smallest absolute Gasteiger partial charge is 0.336 e. The molecule has 0 amide bonds. The molecule has 0 aliphatic heterocycles. The van der Waals surface area contributed by atoms with Crippen molar-refractivity contribution in [2.24, 2.45) is 0 Å². The van der Waals surface area contributed by atoms with E-state index in [0.717, 1.165) is 22.1 Å². The lowest BCUT2D eigenvalue weighted by atomic mass is 10.0. The van der Waals surface area contributed by atoms with Crippen molar-refractivity contribution < 1.29 is 13.9 Å². The van der Waals surface area contributed by atoms with E-state index in [1.165, 1.54) is 6.07 Å². The summed E-state index contributed by atoms with van der Waals surface area (Å²) in [5, 5.41) is 9.88. The summed E-state index contributed by atoms with van der Waals surface area (Å²) in [6.07, 6.45) is 0. The fourth-order valence-electron chi connectivity index (χ4n) is 2.72. The van der Waals surface area contributed by atoms with E-state index in [9.17, 15) is 4.79 Å². The number of nitrogens with zero attached hydrogens (tertiary/aromatic N) is 1. The number of ether oxygens (including phenoxy) is 2. The highest BCUT2D eigenvalue weighted by molar-refractivity contribution is 5.81. The van der Waals surface area contributed by atoms with Gasteiger partial charge in [-0.3, -0.25) is 0 Å². The van der Waals surface area contributed by atoms with Gasteiger partial charge in [0.1, 0.15) is 12.2 Å². The zero-order valence-corrected chi connectivity index (χ0v) is 15.0. The van der Waals surface area contributed by atoms with Crippen LogP contribution in [0.25, 0.3) is 11.0 Å². The van der Waals surface area contributed by atoms with E-state index in [0.29, 0.717) is 29.3 Å². The topological polar surface area (TPSA) is 72.5 Å². The molecule has 5 nitrogen and oxygen atoms in total. The Morgan fingerprint density at radius 2 is 1.81 bits per heavy atom. The van der Waals surface area contributed by atoms with Crippen LogP contribution in [0.3, 0.4) is 0 Å². The van der Waals surface area contributed by atoms with Crippen LogP contribution in [0.1, 0.15) is 29.2 Å². The third-order valence-electron chi connectivity index (χ3n) is 4.20. The molecule has 1 aromatic heterocycles. The minimum absolute atomic E-state index is 0.191. The van der Waals surface area contributed by atoms with E-state index in [1.54, 1.807) is 18.2 Å². The second-order valence-corrected chi connectivity index (χ2v) is 6.02. The lowest BCUT2D eigenvalue weighted by Gasteiger charge is -2.13. The van der Waals surface area contributed by atoms with Crippen LogP contribution < -0.4 is 15.1 Å². The van der Waals surface area contributed by atoms with Crippen LogP contribution in [0.5, 0.6) is 11.5 Å². The van der Waals surface area contributed by atoms with Crippen molar-refractivity contribution in [3.63, 3.8) is 0 Å². The maximum absolute atomic E-state index is 11.9. The van der Waals surface area contributed by atoms with Gasteiger partial charge < -0.3 is 13.9 Å². The van der Waals surface area contributed by atoms with Crippen LogP contribution in [-0.4, -0.2) is 6.61 Å². The lowest BCUT2D eigenvalue weighted by Crippen LogP contribution is -2.05. The van der Waals surface area contributed by atoms with Gasteiger partial charge in [0.25, 0.3) is 0 Å². The number of aryl methyl sites for hydroxylation is 2.